The molecule has 192 valence electrons. The van der Waals surface area contributed by atoms with E-state index in [-0.39, 0.29) is 12.5 Å². The zero-order valence-electron chi connectivity index (χ0n) is 21.8. The summed E-state index contributed by atoms with van der Waals surface area (Å²) in [5.41, 5.74) is 6.44. The number of carbonyl (C=O) groups is 2. The maximum atomic E-state index is 12.8. The first-order chi connectivity index (χ1) is 17.9. The molecule has 1 aliphatic rings. The van der Waals surface area contributed by atoms with E-state index in [0.717, 1.165) is 47.3 Å². The molecular formula is C31H35N3O3. The van der Waals surface area contributed by atoms with Crippen molar-refractivity contribution in [3.05, 3.63) is 95.6 Å². The monoisotopic (exact) mass is 497 g/mol. The maximum Gasteiger partial charge on any atom is 0.255 e. The number of carbonyl (C=O) groups excluding carboxylic acids is 2. The summed E-state index contributed by atoms with van der Waals surface area (Å²) in [6, 6.07) is 22.0. The van der Waals surface area contributed by atoms with E-state index in [1.54, 1.807) is 0 Å². The van der Waals surface area contributed by atoms with Crippen LogP contribution in [-0.4, -0.2) is 36.8 Å². The lowest BCUT2D eigenvalue weighted by molar-refractivity contribution is -0.109. The molecule has 0 heterocycles. The van der Waals surface area contributed by atoms with Gasteiger partial charge in [-0.15, -0.1) is 0 Å². The van der Waals surface area contributed by atoms with E-state index < -0.39 is 0 Å². The van der Waals surface area contributed by atoms with E-state index in [1.807, 2.05) is 73.8 Å². The van der Waals surface area contributed by atoms with Crippen LogP contribution in [0.3, 0.4) is 0 Å². The van der Waals surface area contributed by atoms with Crippen molar-refractivity contribution in [2.24, 2.45) is 0 Å². The molecule has 0 radical (unpaired) electrons. The van der Waals surface area contributed by atoms with Gasteiger partial charge in [0, 0.05) is 42.1 Å². The van der Waals surface area contributed by atoms with Gasteiger partial charge in [-0.3, -0.25) is 9.59 Å². The van der Waals surface area contributed by atoms with Crippen molar-refractivity contribution in [1.29, 1.82) is 0 Å². The van der Waals surface area contributed by atoms with Crippen LogP contribution in [0.5, 0.6) is 5.75 Å². The van der Waals surface area contributed by atoms with Gasteiger partial charge in [0.1, 0.15) is 12.4 Å². The predicted octanol–water partition coefficient (Wildman–Crippen LogP) is 6.32. The predicted molar refractivity (Wildman–Crippen MR) is 150 cm³/mol. The Morgan fingerprint density at radius 3 is 2.32 bits per heavy atom. The van der Waals surface area contributed by atoms with Crippen molar-refractivity contribution < 1.29 is 14.3 Å². The third-order valence-electron chi connectivity index (χ3n) is 6.63. The summed E-state index contributed by atoms with van der Waals surface area (Å²) >= 11 is 0. The lowest BCUT2D eigenvalue weighted by Crippen LogP contribution is -2.23. The smallest absolute Gasteiger partial charge is 0.255 e. The van der Waals surface area contributed by atoms with Crippen LogP contribution in [0.1, 0.15) is 59.7 Å². The number of nitrogens with zero attached hydrogens (tertiary/aromatic N) is 1. The van der Waals surface area contributed by atoms with Gasteiger partial charge in [-0.2, -0.15) is 0 Å². The first-order valence-electron chi connectivity index (χ1n) is 12.7. The van der Waals surface area contributed by atoms with Gasteiger partial charge in [-0.1, -0.05) is 50.8 Å². The van der Waals surface area contributed by atoms with E-state index >= 15 is 0 Å². The molecule has 0 saturated heterocycles. The van der Waals surface area contributed by atoms with Gasteiger partial charge in [0.25, 0.3) is 5.91 Å². The number of aldehydes is 1. The van der Waals surface area contributed by atoms with Crippen molar-refractivity contribution in [2.45, 2.75) is 45.2 Å². The molecule has 1 saturated carbocycles. The van der Waals surface area contributed by atoms with E-state index in [4.69, 9.17) is 4.74 Å². The van der Waals surface area contributed by atoms with Crippen LogP contribution in [0.15, 0.2) is 73.3 Å². The second-order valence-electron chi connectivity index (χ2n) is 9.67. The molecule has 0 aliphatic heterocycles. The summed E-state index contributed by atoms with van der Waals surface area (Å²) < 4.78 is 5.61. The normalized spacial score (nSPS) is 12.6. The summed E-state index contributed by atoms with van der Waals surface area (Å²) in [6.45, 7) is 9.38. The van der Waals surface area contributed by atoms with Gasteiger partial charge in [-0.25, -0.2) is 0 Å². The molecule has 1 fully saturated rings. The Kier molecular flexibility index (Phi) is 8.29. The standard InChI is InChI=1S/C31H35N3O3/c1-21(2)24-9-12-27(13-10-24)33-31(36)25-7-5-23(6-8-25)20-34(28-14-15-28)22(3)26-11-16-29(32-4)30(19-26)37-18-17-35/h5-13,16-17,19,21,28,32H,3,14-15,18,20H2,1-2,4H3,(H,33,36). The van der Waals surface area contributed by atoms with Gasteiger partial charge in [0.05, 0.1) is 5.69 Å². The minimum atomic E-state index is -0.125. The molecule has 6 heteroatoms. The van der Waals surface area contributed by atoms with Crippen LogP contribution in [0.2, 0.25) is 0 Å². The minimum Gasteiger partial charge on any atom is -0.484 e. The van der Waals surface area contributed by atoms with Crippen LogP contribution in [0.4, 0.5) is 11.4 Å². The summed E-state index contributed by atoms with van der Waals surface area (Å²) in [5, 5.41) is 6.07. The van der Waals surface area contributed by atoms with Gasteiger partial charge in [0.2, 0.25) is 0 Å². The van der Waals surface area contributed by atoms with Crippen molar-refractivity contribution in [1.82, 2.24) is 4.90 Å². The molecule has 4 rings (SSSR count). The molecule has 6 nitrogen and oxygen atoms in total. The molecular weight excluding hydrogens is 462 g/mol. The van der Waals surface area contributed by atoms with Crippen molar-refractivity contribution in [3.8, 4) is 5.75 Å². The van der Waals surface area contributed by atoms with Crippen LogP contribution >= 0.6 is 0 Å². The number of ether oxygens (including phenoxy) is 1. The van der Waals surface area contributed by atoms with E-state index in [0.29, 0.717) is 29.8 Å². The largest absolute Gasteiger partial charge is 0.484 e. The van der Waals surface area contributed by atoms with Gasteiger partial charge >= 0.3 is 0 Å². The quantitative estimate of drug-likeness (QED) is 0.287. The Hall–Kier alpha value is -4.06. The van der Waals surface area contributed by atoms with Gasteiger partial charge in [0.15, 0.2) is 6.29 Å². The molecule has 3 aromatic rings. The number of rotatable bonds is 12. The number of benzene rings is 3. The average Bonchev–Trinajstić information content (AvgIpc) is 3.76. The second kappa shape index (κ2) is 11.8. The maximum absolute atomic E-state index is 12.8. The summed E-state index contributed by atoms with van der Waals surface area (Å²) in [6.07, 6.45) is 2.99. The lowest BCUT2D eigenvalue weighted by atomic mass is 10.0. The highest BCUT2D eigenvalue weighted by molar-refractivity contribution is 6.04. The topological polar surface area (TPSA) is 70.7 Å². The zero-order chi connectivity index (χ0) is 26.4. The summed E-state index contributed by atoms with van der Waals surface area (Å²) in [7, 11) is 1.82. The van der Waals surface area contributed by atoms with E-state index in [9.17, 15) is 9.59 Å². The molecule has 3 aromatic carbocycles. The number of anilines is 2. The molecule has 0 unspecified atom stereocenters. The number of hydrogen-bond donors (Lipinski definition) is 2. The molecule has 1 amide bonds. The Morgan fingerprint density at radius 1 is 1.05 bits per heavy atom. The Balaban J connectivity index is 1.44. The second-order valence-corrected chi connectivity index (χ2v) is 9.67. The molecule has 37 heavy (non-hydrogen) atoms. The van der Waals surface area contributed by atoms with Crippen LogP contribution < -0.4 is 15.4 Å². The fraction of sp³-hybridized carbons (Fsp3) is 0.290. The van der Waals surface area contributed by atoms with Gasteiger partial charge < -0.3 is 20.3 Å². The van der Waals surface area contributed by atoms with E-state index in [2.05, 4.69) is 36.0 Å². The lowest BCUT2D eigenvalue weighted by Gasteiger charge is -2.28. The number of hydrogen-bond acceptors (Lipinski definition) is 5. The number of nitrogens with one attached hydrogen (secondary N) is 2. The third-order valence-corrected chi connectivity index (χ3v) is 6.63. The average molecular weight is 498 g/mol. The molecule has 2 N–H and O–H groups in total. The molecule has 0 spiro atoms. The Labute approximate surface area is 219 Å². The van der Waals surface area contributed by atoms with Crippen molar-refractivity contribution in [2.75, 3.05) is 24.3 Å². The molecule has 1 aliphatic carbocycles. The Bertz CT molecular complexity index is 1250. The zero-order valence-corrected chi connectivity index (χ0v) is 21.8. The SMILES string of the molecule is C=C(c1ccc(NC)c(OCC=O)c1)N(Cc1ccc(C(=O)Nc2ccc(C(C)C)cc2)cc1)C1CC1. The molecule has 0 bridgehead atoms. The van der Waals surface area contributed by atoms with Crippen molar-refractivity contribution >= 4 is 29.3 Å². The van der Waals surface area contributed by atoms with Crippen molar-refractivity contribution in [3.63, 3.8) is 0 Å². The fourth-order valence-electron chi connectivity index (χ4n) is 4.26. The summed E-state index contributed by atoms with van der Waals surface area (Å²) in [5.74, 6) is 0.951. The first-order valence-corrected chi connectivity index (χ1v) is 12.7. The first kappa shape index (κ1) is 26.0. The van der Waals surface area contributed by atoms with E-state index in [1.165, 1.54) is 5.56 Å². The number of amides is 1. The minimum absolute atomic E-state index is 0.000129. The third kappa shape index (κ3) is 6.58. The van der Waals surface area contributed by atoms with Crippen LogP contribution in [0.25, 0.3) is 5.70 Å². The highest BCUT2D eigenvalue weighted by Crippen LogP contribution is 2.36. The van der Waals surface area contributed by atoms with Gasteiger partial charge in [-0.05, 0) is 66.3 Å². The van der Waals surface area contributed by atoms with Crippen LogP contribution in [0, 0.1) is 0 Å². The summed E-state index contributed by atoms with van der Waals surface area (Å²) in [4.78, 5) is 25.9. The molecule has 0 aromatic heterocycles. The highest BCUT2D eigenvalue weighted by atomic mass is 16.5. The fourth-order valence-corrected chi connectivity index (χ4v) is 4.26. The highest BCUT2D eigenvalue weighted by Gasteiger charge is 2.30. The molecule has 0 atom stereocenters. The Morgan fingerprint density at radius 2 is 1.73 bits per heavy atom. The van der Waals surface area contributed by atoms with Crippen LogP contribution in [-0.2, 0) is 11.3 Å².